The van der Waals surface area contributed by atoms with Crippen LogP contribution in [0.3, 0.4) is 0 Å². The van der Waals surface area contributed by atoms with Crippen LogP contribution in [0.5, 0.6) is 0 Å². The second kappa shape index (κ2) is 6.73. The van der Waals surface area contributed by atoms with E-state index in [4.69, 9.17) is 0 Å². The number of nitrogens with zero attached hydrogens (tertiary/aromatic N) is 1. The Labute approximate surface area is 109 Å². The molecule has 1 aromatic rings. The topological polar surface area (TPSA) is 47.5 Å². The van der Waals surface area contributed by atoms with Crippen LogP contribution in [0.1, 0.15) is 18.4 Å². The number of piperidine rings is 1. The van der Waals surface area contributed by atoms with Crippen molar-refractivity contribution in [1.82, 2.24) is 10.4 Å². The zero-order valence-corrected chi connectivity index (χ0v) is 11.0. The van der Waals surface area contributed by atoms with Gasteiger partial charge in [0, 0.05) is 31.9 Å². The van der Waals surface area contributed by atoms with Crippen LogP contribution in [-0.4, -0.2) is 43.0 Å². The summed E-state index contributed by atoms with van der Waals surface area (Å²) < 4.78 is 0. The van der Waals surface area contributed by atoms with Gasteiger partial charge in [0.25, 0.3) is 0 Å². The first-order valence-corrected chi connectivity index (χ1v) is 6.72. The molecule has 0 unspecified atom stereocenters. The third-order valence-corrected chi connectivity index (χ3v) is 3.59. The minimum absolute atomic E-state index is 0.551. The summed E-state index contributed by atoms with van der Waals surface area (Å²) in [5, 5.41) is 17.5. The minimum Gasteiger partial charge on any atom is -0.388 e. The molecule has 0 amide bonds. The summed E-state index contributed by atoms with van der Waals surface area (Å²) in [5.41, 5.74) is 2.57. The lowest BCUT2D eigenvalue weighted by Gasteiger charge is -2.28. The van der Waals surface area contributed by atoms with E-state index >= 15 is 0 Å². The van der Waals surface area contributed by atoms with E-state index < -0.39 is 0 Å². The van der Waals surface area contributed by atoms with Crippen LogP contribution >= 0.6 is 0 Å². The van der Waals surface area contributed by atoms with Gasteiger partial charge in [-0.2, -0.15) is 5.06 Å². The van der Waals surface area contributed by atoms with Crippen molar-refractivity contribution in [1.29, 1.82) is 0 Å². The Hall–Kier alpha value is -1.10. The molecule has 1 fully saturated rings. The maximum absolute atomic E-state index is 9.30. The second-order valence-electron chi connectivity index (χ2n) is 4.84. The molecule has 0 bridgehead atoms. The number of hydroxylamine groups is 2. The first-order valence-electron chi connectivity index (χ1n) is 6.72. The van der Waals surface area contributed by atoms with Crippen molar-refractivity contribution in [2.75, 3.05) is 32.0 Å². The van der Waals surface area contributed by atoms with E-state index in [0.717, 1.165) is 38.9 Å². The molecule has 0 spiro atoms. The monoisotopic (exact) mass is 249 g/mol. The zero-order valence-electron chi connectivity index (χ0n) is 11.0. The van der Waals surface area contributed by atoms with Gasteiger partial charge in [0.2, 0.25) is 0 Å². The summed E-state index contributed by atoms with van der Waals surface area (Å²) in [6, 6.07) is 8.97. The van der Waals surface area contributed by atoms with Gasteiger partial charge in [-0.05, 0) is 37.4 Å². The molecule has 1 aromatic carbocycles. The van der Waals surface area contributed by atoms with E-state index in [1.165, 1.54) is 16.3 Å². The molecule has 0 saturated carbocycles. The van der Waals surface area contributed by atoms with Crippen LogP contribution in [0.15, 0.2) is 24.3 Å². The van der Waals surface area contributed by atoms with Gasteiger partial charge < -0.3 is 15.8 Å². The molecule has 0 atom stereocenters. The highest BCUT2D eigenvalue weighted by Gasteiger charge is 2.16. The van der Waals surface area contributed by atoms with Crippen molar-refractivity contribution in [2.24, 2.45) is 0 Å². The Kier molecular flexibility index (Phi) is 4.99. The normalized spacial score (nSPS) is 17.9. The molecule has 1 heterocycles. The molecule has 1 aliphatic rings. The SMILES string of the molecule is CNc1ccccc1CCNC1CCN(O)CC1. The smallest absolute Gasteiger partial charge is 0.0370 e. The molecular formula is C14H23N3O. The second-order valence-corrected chi connectivity index (χ2v) is 4.84. The minimum atomic E-state index is 0.551. The van der Waals surface area contributed by atoms with Crippen molar-refractivity contribution < 1.29 is 5.21 Å². The molecule has 1 aliphatic heterocycles. The first kappa shape index (κ1) is 13.3. The number of benzene rings is 1. The fourth-order valence-electron chi connectivity index (χ4n) is 2.46. The maximum atomic E-state index is 9.30. The fourth-order valence-corrected chi connectivity index (χ4v) is 2.46. The van der Waals surface area contributed by atoms with Crippen LogP contribution in [0.2, 0.25) is 0 Å². The van der Waals surface area contributed by atoms with E-state index in [0.29, 0.717) is 6.04 Å². The number of hydrogen-bond donors (Lipinski definition) is 3. The molecule has 0 radical (unpaired) electrons. The van der Waals surface area contributed by atoms with Crippen LogP contribution in [0, 0.1) is 0 Å². The van der Waals surface area contributed by atoms with Crippen molar-refractivity contribution in [2.45, 2.75) is 25.3 Å². The molecule has 4 heteroatoms. The summed E-state index contributed by atoms with van der Waals surface area (Å²) in [4.78, 5) is 0. The summed E-state index contributed by atoms with van der Waals surface area (Å²) in [7, 11) is 1.96. The predicted octanol–water partition coefficient (Wildman–Crippen LogP) is 1.71. The Morgan fingerprint density at radius 2 is 2.00 bits per heavy atom. The number of nitrogens with one attached hydrogen (secondary N) is 2. The van der Waals surface area contributed by atoms with Gasteiger partial charge in [0.1, 0.15) is 0 Å². The zero-order chi connectivity index (χ0) is 12.8. The van der Waals surface area contributed by atoms with E-state index in [1.807, 2.05) is 7.05 Å². The predicted molar refractivity (Wildman–Crippen MR) is 74.1 cm³/mol. The molecule has 100 valence electrons. The number of rotatable bonds is 5. The van der Waals surface area contributed by atoms with Gasteiger partial charge in [0.15, 0.2) is 0 Å². The quantitative estimate of drug-likeness (QED) is 0.743. The van der Waals surface area contributed by atoms with Gasteiger partial charge in [0.05, 0.1) is 0 Å². The summed E-state index contributed by atoms with van der Waals surface area (Å²) in [5.74, 6) is 0. The Morgan fingerprint density at radius 3 is 2.72 bits per heavy atom. The Balaban J connectivity index is 1.75. The van der Waals surface area contributed by atoms with Crippen LogP contribution < -0.4 is 10.6 Å². The molecule has 2 rings (SSSR count). The highest BCUT2D eigenvalue weighted by molar-refractivity contribution is 5.50. The lowest BCUT2D eigenvalue weighted by Crippen LogP contribution is -2.41. The lowest BCUT2D eigenvalue weighted by molar-refractivity contribution is -0.107. The Bertz CT molecular complexity index is 362. The van der Waals surface area contributed by atoms with E-state index in [1.54, 1.807) is 0 Å². The average Bonchev–Trinajstić information content (AvgIpc) is 2.41. The fraction of sp³-hybridized carbons (Fsp3) is 0.571. The highest BCUT2D eigenvalue weighted by Crippen LogP contribution is 2.14. The Morgan fingerprint density at radius 1 is 1.28 bits per heavy atom. The third kappa shape index (κ3) is 3.70. The summed E-state index contributed by atoms with van der Waals surface area (Å²) in [6.45, 7) is 2.56. The third-order valence-electron chi connectivity index (χ3n) is 3.59. The summed E-state index contributed by atoms with van der Waals surface area (Å²) >= 11 is 0. The van der Waals surface area contributed by atoms with E-state index in [2.05, 4.69) is 34.9 Å². The largest absolute Gasteiger partial charge is 0.388 e. The van der Waals surface area contributed by atoms with Crippen LogP contribution in [-0.2, 0) is 6.42 Å². The number of anilines is 1. The molecule has 18 heavy (non-hydrogen) atoms. The standard InChI is InChI=1S/C14H23N3O/c1-15-14-5-3-2-4-12(14)6-9-16-13-7-10-17(18)11-8-13/h2-5,13,15-16,18H,6-11H2,1H3. The maximum Gasteiger partial charge on any atom is 0.0370 e. The highest BCUT2D eigenvalue weighted by atomic mass is 16.5. The van der Waals surface area contributed by atoms with Crippen molar-refractivity contribution in [3.05, 3.63) is 29.8 Å². The molecule has 0 aliphatic carbocycles. The van der Waals surface area contributed by atoms with Crippen molar-refractivity contribution >= 4 is 5.69 Å². The molecule has 3 N–H and O–H groups in total. The van der Waals surface area contributed by atoms with Crippen molar-refractivity contribution in [3.8, 4) is 0 Å². The molecule has 0 aromatic heterocycles. The van der Waals surface area contributed by atoms with Gasteiger partial charge in [-0.25, -0.2) is 0 Å². The first-order chi connectivity index (χ1) is 8.79. The van der Waals surface area contributed by atoms with Gasteiger partial charge >= 0.3 is 0 Å². The van der Waals surface area contributed by atoms with Crippen molar-refractivity contribution in [3.63, 3.8) is 0 Å². The summed E-state index contributed by atoms with van der Waals surface area (Å²) in [6.07, 6.45) is 3.10. The van der Waals surface area contributed by atoms with Crippen LogP contribution in [0.4, 0.5) is 5.69 Å². The van der Waals surface area contributed by atoms with E-state index in [-0.39, 0.29) is 0 Å². The molecule has 1 saturated heterocycles. The van der Waals surface area contributed by atoms with Gasteiger partial charge in [-0.15, -0.1) is 0 Å². The number of para-hydroxylation sites is 1. The van der Waals surface area contributed by atoms with Crippen LogP contribution in [0.25, 0.3) is 0 Å². The van der Waals surface area contributed by atoms with Gasteiger partial charge in [-0.3, -0.25) is 0 Å². The van der Waals surface area contributed by atoms with Gasteiger partial charge in [-0.1, -0.05) is 18.2 Å². The molecular weight excluding hydrogens is 226 g/mol. The average molecular weight is 249 g/mol. The van der Waals surface area contributed by atoms with E-state index in [9.17, 15) is 5.21 Å². The lowest BCUT2D eigenvalue weighted by atomic mass is 10.1. The molecule has 4 nitrogen and oxygen atoms in total. The number of hydrogen-bond acceptors (Lipinski definition) is 4.